The molecule has 4 nitrogen and oxygen atoms in total. The maximum Gasteiger partial charge on any atom is 0.416 e. The van der Waals surface area contributed by atoms with Crippen LogP contribution in [-0.2, 0) is 6.18 Å². The molecule has 0 radical (unpaired) electrons. The first kappa shape index (κ1) is 12.7. The smallest absolute Gasteiger partial charge is 0.416 e. The summed E-state index contributed by atoms with van der Waals surface area (Å²) in [5.74, 6) is -0.321. The monoisotopic (exact) mass is 278 g/mol. The molecule has 0 aliphatic carbocycles. The Hall–Kier alpha value is -1.76. The van der Waals surface area contributed by atoms with Crippen LogP contribution in [0.15, 0.2) is 16.9 Å². The molecular formula is C10H6ClF3N2O2. The fraction of sp³-hybridized carbons (Fsp3) is 0.200. The molecule has 1 aromatic heterocycles. The number of halogens is 4. The van der Waals surface area contributed by atoms with E-state index in [1.807, 2.05) is 0 Å². The average molecular weight is 279 g/mol. The van der Waals surface area contributed by atoms with Gasteiger partial charge in [0.1, 0.15) is 0 Å². The Bertz CT molecular complexity index is 666. The molecule has 2 aromatic rings. The molecule has 0 atom stereocenters. The van der Waals surface area contributed by atoms with E-state index in [0.717, 1.165) is 12.1 Å². The molecule has 0 spiro atoms. The summed E-state index contributed by atoms with van der Waals surface area (Å²) in [6.07, 6.45) is -4.54. The third-order valence-electron chi connectivity index (χ3n) is 2.24. The minimum absolute atomic E-state index is 0.0375. The van der Waals surface area contributed by atoms with E-state index in [2.05, 4.69) is 14.7 Å². The largest absolute Gasteiger partial charge is 0.477 e. The fourth-order valence-corrected chi connectivity index (χ4v) is 1.69. The molecule has 96 valence electrons. The van der Waals surface area contributed by atoms with E-state index in [1.165, 1.54) is 7.11 Å². The van der Waals surface area contributed by atoms with Gasteiger partial charge in [-0.3, -0.25) is 4.79 Å². The highest BCUT2D eigenvalue weighted by atomic mass is 35.5. The van der Waals surface area contributed by atoms with Crippen LogP contribution in [0.4, 0.5) is 13.2 Å². The van der Waals surface area contributed by atoms with E-state index < -0.39 is 17.3 Å². The minimum atomic E-state index is -4.54. The fourth-order valence-electron chi connectivity index (χ4n) is 1.43. The van der Waals surface area contributed by atoms with Crippen LogP contribution >= 0.6 is 11.6 Å². The standard InChI is InChI=1S/C10H6ClF3N2O2/c1-18-9-8(17)16-7-5(11)2-4(10(12,13)14)3-6(7)15-9/h2-3H,1H3,(H,16,17). The average Bonchev–Trinajstić information content (AvgIpc) is 2.28. The van der Waals surface area contributed by atoms with Gasteiger partial charge in [-0.2, -0.15) is 13.2 Å². The second kappa shape index (κ2) is 4.16. The van der Waals surface area contributed by atoms with Gasteiger partial charge in [-0.05, 0) is 12.1 Å². The van der Waals surface area contributed by atoms with Gasteiger partial charge in [0.25, 0.3) is 5.88 Å². The highest BCUT2D eigenvalue weighted by Crippen LogP contribution is 2.33. The van der Waals surface area contributed by atoms with Crippen LogP contribution in [0.2, 0.25) is 5.02 Å². The third kappa shape index (κ3) is 2.13. The van der Waals surface area contributed by atoms with E-state index >= 15 is 0 Å². The van der Waals surface area contributed by atoms with Crippen LogP contribution in [0, 0.1) is 0 Å². The van der Waals surface area contributed by atoms with Gasteiger partial charge < -0.3 is 9.72 Å². The molecule has 1 aromatic carbocycles. The second-order valence-electron chi connectivity index (χ2n) is 3.43. The second-order valence-corrected chi connectivity index (χ2v) is 3.83. The summed E-state index contributed by atoms with van der Waals surface area (Å²) in [6, 6.07) is 1.52. The molecular weight excluding hydrogens is 273 g/mol. The summed E-state index contributed by atoms with van der Waals surface area (Å²) >= 11 is 5.68. The molecule has 0 unspecified atom stereocenters. The number of rotatable bonds is 1. The normalized spacial score (nSPS) is 11.8. The Morgan fingerprint density at radius 2 is 2.06 bits per heavy atom. The number of aromatic nitrogens is 2. The first-order valence-electron chi connectivity index (χ1n) is 4.67. The van der Waals surface area contributed by atoms with Crippen LogP contribution in [0.5, 0.6) is 5.88 Å². The molecule has 0 saturated heterocycles. The lowest BCUT2D eigenvalue weighted by molar-refractivity contribution is -0.137. The van der Waals surface area contributed by atoms with Crippen molar-refractivity contribution >= 4 is 22.6 Å². The molecule has 1 heterocycles. The highest BCUT2D eigenvalue weighted by Gasteiger charge is 2.31. The van der Waals surface area contributed by atoms with Gasteiger partial charge in [-0.25, -0.2) is 4.98 Å². The summed E-state index contributed by atoms with van der Waals surface area (Å²) in [5, 5.41) is -0.230. The molecule has 0 amide bonds. The Morgan fingerprint density at radius 1 is 1.39 bits per heavy atom. The molecule has 0 aliphatic rings. The van der Waals surface area contributed by atoms with E-state index in [-0.39, 0.29) is 21.9 Å². The molecule has 18 heavy (non-hydrogen) atoms. The van der Waals surface area contributed by atoms with Crippen LogP contribution < -0.4 is 10.3 Å². The van der Waals surface area contributed by atoms with Crippen LogP contribution in [0.3, 0.4) is 0 Å². The number of nitrogens with zero attached hydrogens (tertiary/aromatic N) is 1. The van der Waals surface area contributed by atoms with E-state index in [1.54, 1.807) is 0 Å². The third-order valence-corrected chi connectivity index (χ3v) is 2.54. The maximum absolute atomic E-state index is 12.6. The first-order chi connectivity index (χ1) is 8.32. The lowest BCUT2D eigenvalue weighted by atomic mass is 10.2. The lowest BCUT2D eigenvalue weighted by Crippen LogP contribution is -2.12. The van der Waals surface area contributed by atoms with Gasteiger partial charge in [0.05, 0.1) is 28.7 Å². The van der Waals surface area contributed by atoms with Crippen molar-refractivity contribution in [3.05, 3.63) is 33.1 Å². The number of hydrogen-bond donors (Lipinski definition) is 1. The van der Waals surface area contributed by atoms with Crippen molar-refractivity contribution in [2.24, 2.45) is 0 Å². The predicted molar refractivity (Wildman–Crippen MR) is 58.9 cm³/mol. The summed E-state index contributed by atoms with van der Waals surface area (Å²) in [4.78, 5) is 17.4. The zero-order valence-corrected chi connectivity index (χ0v) is 9.69. The van der Waals surface area contributed by atoms with E-state index in [0.29, 0.717) is 0 Å². The zero-order chi connectivity index (χ0) is 13.5. The zero-order valence-electron chi connectivity index (χ0n) is 8.93. The SMILES string of the molecule is COc1nc2cc(C(F)(F)F)cc(Cl)c2[nH]c1=O. The van der Waals surface area contributed by atoms with Crippen LogP contribution in [-0.4, -0.2) is 17.1 Å². The van der Waals surface area contributed by atoms with Gasteiger partial charge in [0.2, 0.25) is 0 Å². The lowest BCUT2D eigenvalue weighted by Gasteiger charge is -2.09. The number of benzene rings is 1. The highest BCUT2D eigenvalue weighted by molar-refractivity contribution is 6.35. The summed E-state index contributed by atoms with van der Waals surface area (Å²) in [6.45, 7) is 0. The summed E-state index contributed by atoms with van der Waals surface area (Å²) in [7, 11) is 1.19. The number of hydrogen-bond acceptors (Lipinski definition) is 3. The van der Waals surface area contributed by atoms with Crippen molar-refractivity contribution < 1.29 is 17.9 Å². The first-order valence-corrected chi connectivity index (χ1v) is 5.05. The molecule has 2 rings (SSSR count). The number of aromatic amines is 1. The molecule has 0 saturated carbocycles. The van der Waals surface area contributed by atoms with Gasteiger partial charge >= 0.3 is 11.7 Å². The van der Waals surface area contributed by atoms with E-state index in [4.69, 9.17) is 11.6 Å². The predicted octanol–water partition coefficient (Wildman–Crippen LogP) is 2.60. The van der Waals surface area contributed by atoms with Crippen LogP contribution in [0.25, 0.3) is 11.0 Å². The molecule has 0 bridgehead atoms. The molecule has 0 aliphatic heterocycles. The van der Waals surface area contributed by atoms with Crippen LogP contribution in [0.1, 0.15) is 5.56 Å². The van der Waals surface area contributed by atoms with Crippen molar-refractivity contribution in [2.75, 3.05) is 7.11 Å². The summed E-state index contributed by atoms with van der Waals surface area (Å²) in [5.41, 5.74) is -1.66. The molecule has 8 heteroatoms. The Labute approximate surface area is 103 Å². The Balaban J connectivity index is 2.79. The van der Waals surface area contributed by atoms with Crippen molar-refractivity contribution in [3.8, 4) is 5.88 Å². The number of H-pyrrole nitrogens is 1. The number of ether oxygens (including phenoxy) is 1. The van der Waals surface area contributed by atoms with Crippen molar-refractivity contribution in [1.82, 2.24) is 9.97 Å². The Kier molecular flexibility index (Phi) is 2.94. The number of alkyl halides is 3. The summed E-state index contributed by atoms with van der Waals surface area (Å²) < 4.78 is 42.3. The number of nitrogens with one attached hydrogen (secondary N) is 1. The Morgan fingerprint density at radius 3 is 2.61 bits per heavy atom. The van der Waals surface area contributed by atoms with Crippen molar-refractivity contribution in [1.29, 1.82) is 0 Å². The maximum atomic E-state index is 12.6. The van der Waals surface area contributed by atoms with Gasteiger partial charge in [-0.15, -0.1) is 0 Å². The van der Waals surface area contributed by atoms with Crippen molar-refractivity contribution in [2.45, 2.75) is 6.18 Å². The quantitative estimate of drug-likeness (QED) is 0.872. The molecule has 0 fully saturated rings. The van der Waals surface area contributed by atoms with Crippen molar-refractivity contribution in [3.63, 3.8) is 0 Å². The number of methoxy groups -OCH3 is 1. The minimum Gasteiger partial charge on any atom is -0.477 e. The van der Waals surface area contributed by atoms with Gasteiger partial charge in [0.15, 0.2) is 0 Å². The van der Waals surface area contributed by atoms with Gasteiger partial charge in [-0.1, -0.05) is 11.6 Å². The van der Waals surface area contributed by atoms with Gasteiger partial charge in [0, 0.05) is 0 Å². The molecule has 1 N–H and O–H groups in total. The topological polar surface area (TPSA) is 55.0 Å². The number of fused-ring (bicyclic) bond motifs is 1. The van der Waals surface area contributed by atoms with E-state index in [9.17, 15) is 18.0 Å².